The summed E-state index contributed by atoms with van der Waals surface area (Å²) in [7, 11) is 0. The fourth-order valence-electron chi connectivity index (χ4n) is 2.78. The van der Waals surface area contributed by atoms with E-state index in [2.05, 4.69) is 0 Å². The quantitative estimate of drug-likeness (QED) is 0.858. The molecule has 2 aromatic rings. The average molecular weight is 267 g/mol. The van der Waals surface area contributed by atoms with Gasteiger partial charge in [0.05, 0.1) is 0 Å². The van der Waals surface area contributed by atoms with Crippen molar-refractivity contribution in [2.45, 2.75) is 24.9 Å². The highest BCUT2D eigenvalue weighted by molar-refractivity contribution is 5.66. The lowest BCUT2D eigenvalue weighted by Gasteiger charge is -2.32. The number of carbonyl (C=O) groups excluding carboxylic acids is 1. The molecule has 0 aromatic heterocycles. The van der Waals surface area contributed by atoms with E-state index in [0.29, 0.717) is 6.42 Å². The van der Waals surface area contributed by atoms with Crippen molar-refractivity contribution in [2.24, 2.45) is 0 Å². The van der Waals surface area contributed by atoms with Crippen molar-refractivity contribution < 1.29 is 14.6 Å². The van der Waals surface area contributed by atoms with Crippen LogP contribution in [0.2, 0.25) is 0 Å². The summed E-state index contributed by atoms with van der Waals surface area (Å²) in [5.41, 5.74) is 2.04. The minimum Gasteiger partial charge on any atom is -0.550 e. The Bertz CT molecular complexity index is 607. The molecule has 0 unspecified atom stereocenters. The number of rotatable bonds is 3. The number of aliphatic carboxylic acids is 1. The van der Waals surface area contributed by atoms with Crippen LogP contribution >= 0.6 is 0 Å². The number of benzene rings is 2. The molecule has 0 aliphatic carbocycles. The summed E-state index contributed by atoms with van der Waals surface area (Å²) >= 11 is 0. The van der Waals surface area contributed by atoms with Crippen LogP contribution in [-0.2, 0) is 4.79 Å². The Hall–Kier alpha value is -2.29. The largest absolute Gasteiger partial charge is 0.550 e. The van der Waals surface area contributed by atoms with E-state index in [1.165, 1.54) is 0 Å². The summed E-state index contributed by atoms with van der Waals surface area (Å²) in [6, 6.07) is 17.6. The average Bonchev–Trinajstić information content (AvgIpc) is 2.47. The van der Waals surface area contributed by atoms with Gasteiger partial charge in [0.2, 0.25) is 0 Å². The SMILES string of the molecule is O=C([O-])C[C@H]1C[C@@H](c2ccccc2)Oc2ccccc21. The normalized spacial score (nSPS) is 20.8. The van der Waals surface area contributed by atoms with E-state index < -0.39 is 5.97 Å². The van der Waals surface area contributed by atoms with Gasteiger partial charge in [0, 0.05) is 5.97 Å². The first-order chi connectivity index (χ1) is 9.74. The number of carboxylic acids is 1. The van der Waals surface area contributed by atoms with Gasteiger partial charge in [-0.15, -0.1) is 0 Å². The fourth-order valence-corrected chi connectivity index (χ4v) is 2.78. The lowest BCUT2D eigenvalue weighted by atomic mass is 9.85. The summed E-state index contributed by atoms with van der Waals surface area (Å²) < 4.78 is 6.02. The molecule has 0 radical (unpaired) electrons. The molecule has 3 nitrogen and oxygen atoms in total. The lowest BCUT2D eigenvalue weighted by Crippen LogP contribution is -2.27. The van der Waals surface area contributed by atoms with E-state index in [0.717, 1.165) is 16.9 Å². The first kappa shape index (κ1) is 12.7. The van der Waals surface area contributed by atoms with Crippen LogP contribution in [0, 0.1) is 0 Å². The molecule has 0 bridgehead atoms. The topological polar surface area (TPSA) is 49.4 Å². The Kier molecular flexibility index (Phi) is 3.42. The first-order valence-corrected chi connectivity index (χ1v) is 6.74. The maximum atomic E-state index is 11.0. The van der Waals surface area contributed by atoms with E-state index in [4.69, 9.17) is 4.74 Å². The second kappa shape index (κ2) is 5.37. The van der Waals surface area contributed by atoms with Gasteiger partial charge in [0.1, 0.15) is 11.9 Å². The highest BCUT2D eigenvalue weighted by Gasteiger charge is 2.28. The Labute approximate surface area is 117 Å². The van der Waals surface area contributed by atoms with Crippen molar-refractivity contribution >= 4 is 5.97 Å². The third-order valence-electron chi connectivity index (χ3n) is 3.71. The zero-order valence-electron chi connectivity index (χ0n) is 11.0. The van der Waals surface area contributed by atoms with Crippen LogP contribution in [0.4, 0.5) is 0 Å². The van der Waals surface area contributed by atoms with E-state index in [1.807, 2.05) is 54.6 Å². The number of fused-ring (bicyclic) bond motifs is 1. The smallest absolute Gasteiger partial charge is 0.124 e. The molecule has 0 spiro atoms. The van der Waals surface area contributed by atoms with Crippen molar-refractivity contribution in [1.82, 2.24) is 0 Å². The zero-order chi connectivity index (χ0) is 13.9. The van der Waals surface area contributed by atoms with Gasteiger partial charge in [-0.1, -0.05) is 48.5 Å². The Morgan fingerprint density at radius 1 is 1.10 bits per heavy atom. The van der Waals surface area contributed by atoms with Gasteiger partial charge in [0.25, 0.3) is 0 Å². The predicted octanol–water partition coefficient (Wildman–Crippen LogP) is 2.43. The lowest BCUT2D eigenvalue weighted by molar-refractivity contribution is -0.306. The van der Waals surface area contributed by atoms with Crippen LogP contribution in [0.15, 0.2) is 54.6 Å². The van der Waals surface area contributed by atoms with Crippen LogP contribution < -0.4 is 9.84 Å². The molecule has 0 saturated carbocycles. The van der Waals surface area contributed by atoms with Gasteiger partial charge in [-0.2, -0.15) is 0 Å². The molecule has 0 N–H and O–H groups in total. The van der Waals surface area contributed by atoms with Crippen molar-refractivity contribution in [3.8, 4) is 5.75 Å². The zero-order valence-corrected chi connectivity index (χ0v) is 11.0. The van der Waals surface area contributed by atoms with E-state index in [-0.39, 0.29) is 18.4 Å². The minimum atomic E-state index is -1.02. The summed E-state index contributed by atoms with van der Waals surface area (Å²) in [5.74, 6) is -0.299. The number of carbonyl (C=O) groups is 1. The van der Waals surface area contributed by atoms with Crippen LogP contribution in [0.25, 0.3) is 0 Å². The number of para-hydroxylation sites is 1. The summed E-state index contributed by atoms with van der Waals surface area (Å²) in [6.45, 7) is 0. The van der Waals surface area contributed by atoms with E-state index in [9.17, 15) is 9.90 Å². The molecule has 0 saturated heterocycles. The molecular weight excluding hydrogens is 252 g/mol. The molecule has 0 amide bonds. The molecule has 3 rings (SSSR count). The summed E-state index contributed by atoms with van der Waals surface area (Å²) in [4.78, 5) is 11.0. The number of carboxylic acid groups (broad SMARTS) is 1. The maximum absolute atomic E-state index is 11.0. The Morgan fingerprint density at radius 2 is 1.80 bits per heavy atom. The molecule has 102 valence electrons. The molecule has 2 atom stereocenters. The molecule has 20 heavy (non-hydrogen) atoms. The fraction of sp³-hybridized carbons (Fsp3) is 0.235. The van der Waals surface area contributed by atoms with E-state index >= 15 is 0 Å². The molecule has 0 fully saturated rings. The monoisotopic (exact) mass is 267 g/mol. The third kappa shape index (κ3) is 2.52. The van der Waals surface area contributed by atoms with Crippen LogP contribution in [0.1, 0.15) is 36.0 Å². The minimum absolute atomic E-state index is 0.0315. The Balaban J connectivity index is 1.94. The van der Waals surface area contributed by atoms with Crippen LogP contribution in [0.5, 0.6) is 5.75 Å². The van der Waals surface area contributed by atoms with Gasteiger partial charge < -0.3 is 14.6 Å². The molecule has 2 aromatic carbocycles. The predicted molar refractivity (Wildman–Crippen MR) is 73.2 cm³/mol. The number of hydrogen-bond acceptors (Lipinski definition) is 3. The molecule has 1 heterocycles. The van der Waals surface area contributed by atoms with Crippen LogP contribution in [-0.4, -0.2) is 5.97 Å². The second-order valence-electron chi connectivity index (χ2n) is 5.06. The van der Waals surface area contributed by atoms with Crippen molar-refractivity contribution in [1.29, 1.82) is 0 Å². The number of hydrogen-bond donors (Lipinski definition) is 0. The standard InChI is InChI=1S/C17H16O3/c18-17(19)11-13-10-16(12-6-2-1-3-7-12)20-15-9-5-4-8-14(13)15/h1-9,13,16H,10-11H2,(H,18,19)/p-1/t13-,16+/m1/s1. The number of ether oxygens (including phenoxy) is 1. The molecule has 3 heteroatoms. The van der Waals surface area contributed by atoms with Gasteiger partial charge in [0.15, 0.2) is 0 Å². The summed E-state index contributed by atoms with van der Waals surface area (Å²) in [6.07, 6.45) is 0.592. The summed E-state index contributed by atoms with van der Waals surface area (Å²) in [5, 5.41) is 11.0. The van der Waals surface area contributed by atoms with Gasteiger partial charge in [-0.05, 0) is 36.0 Å². The highest BCUT2D eigenvalue weighted by Crippen LogP contribution is 2.43. The molecular formula is C17H15O3-. The van der Waals surface area contributed by atoms with Crippen molar-refractivity contribution in [3.05, 3.63) is 65.7 Å². The maximum Gasteiger partial charge on any atom is 0.124 e. The molecule has 1 aliphatic rings. The van der Waals surface area contributed by atoms with Crippen molar-refractivity contribution in [2.75, 3.05) is 0 Å². The molecule has 1 aliphatic heterocycles. The first-order valence-electron chi connectivity index (χ1n) is 6.74. The third-order valence-corrected chi connectivity index (χ3v) is 3.71. The van der Waals surface area contributed by atoms with Crippen LogP contribution in [0.3, 0.4) is 0 Å². The Morgan fingerprint density at radius 3 is 2.55 bits per heavy atom. The second-order valence-corrected chi connectivity index (χ2v) is 5.06. The van der Waals surface area contributed by atoms with Crippen molar-refractivity contribution in [3.63, 3.8) is 0 Å². The van der Waals surface area contributed by atoms with Gasteiger partial charge in [-0.25, -0.2) is 0 Å². The highest BCUT2D eigenvalue weighted by atomic mass is 16.5. The van der Waals surface area contributed by atoms with Gasteiger partial charge in [-0.3, -0.25) is 0 Å². The van der Waals surface area contributed by atoms with Gasteiger partial charge >= 0.3 is 0 Å². The van der Waals surface area contributed by atoms with E-state index in [1.54, 1.807) is 0 Å².